The highest BCUT2D eigenvalue weighted by molar-refractivity contribution is 6.27. The minimum Gasteiger partial charge on any atom is -0.457 e. The number of para-hydroxylation sites is 8. The normalized spacial score (nSPS) is 14.1. The molecule has 0 fully saturated rings. The van der Waals surface area contributed by atoms with Crippen LogP contribution < -0.4 is 14.5 Å². The molecule has 0 radical (unpaired) electrons. The van der Waals surface area contributed by atoms with Gasteiger partial charge in [0.1, 0.15) is 39.4 Å². The molecule has 18 rings (SSSR count). The van der Waals surface area contributed by atoms with Gasteiger partial charge < -0.3 is 32.2 Å². The van der Waals surface area contributed by atoms with Crippen molar-refractivity contribution in [3.63, 3.8) is 0 Å². The van der Waals surface area contributed by atoms with Crippen LogP contribution in [0, 0.1) is 0 Å². The lowest BCUT2D eigenvalue weighted by Gasteiger charge is -2.36. The van der Waals surface area contributed by atoms with E-state index in [2.05, 4.69) is 318 Å². The summed E-state index contributed by atoms with van der Waals surface area (Å²) in [6.45, 7) is 13.6. The molecule has 1 atom stereocenters. The number of rotatable bonds is 10. The van der Waals surface area contributed by atoms with Crippen molar-refractivity contribution in [1.29, 1.82) is 0 Å². The second kappa shape index (κ2) is 20.7. The molecular formula is C87H64N2O5. The molecule has 0 N–H and O–H groups in total. The Kier molecular flexibility index (Phi) is 12.2. The van der Waals surface area contributed by atoms with Crippen molar-refractivity contribution in [3.8, 4) is 22.6 Å². The van der Waals surface area contributed by atoms with E-state index in [1.165, 1.54) is 11.1 Å². The molecule has 17 aromatic rings. The second-order valence-corrected chi connectivity index (χ2v) is 27.1. The monoisotopic (exact) mass is 1220 g/mol. The Balaban J connectivity index is 1.02. The molecule has 1 aliphatic carbocycles. The van der Waals surface area contributed by atoms with Crippen molar-refractivity contribution in [2.24, 2.45) is 0 Å². The van der Waals surface area contributed by atoms with Gasteiger partial charge in [-0.25, -0.2) is 0 Å². The van der Waals surface area contributed by atoms with Gasteiger partial charge in [0.2, 0.25) is 0 Å². The first-order chi connectivity index (χ1) is 45.9. The number of nitrogens with zero attached hydrogens (tertiary/aromatic N) is 2. The van der Waals surface area contributed by atoms with Crippen LogP contribution in [-0.4, -0.2) is 0 Å². The standard InChI is InChI=1S/C87H64N2O5/c1-85(2,3)53-39-41-55(42-40-53)87(56-45-49-60(50-46-56)90-59-47-43-54(44-48-59)86(4,5)6)67-52-72(89(58-25-11-8-12-26-58)70-34-22-32-64-62-28-14-18-36-74(62)92-82(64)70)83-78(66-30-16-20-38-76(66)93-83)79(67)80-68(87)51-71(77-65-29-15-19-37-75(65)94-84(77)80)88(57-23-9-7-10-24-57)69-33-21-31-63-61-27-13-17-35-73(61)91-81(63)69/h7-52H,1-6H3. The molecule has 4 aromatic heterocycles. The van der Waals surface area contributed by atoms with E-state index in [1.807, 2.05) is 12.1 Å². The van der Waals surface area contributed by atoms with Crippen molar-refractivity contribution < 1.29 is 22.4 Å². The largest absolute Gasteiger partial charge is 0.457 e. The van der Waals surface area contributed by atoms with E-state index in [9.17, 15) is 0 Å². The van der Waals surface area contributed by atoms with Crippen LogP contribution in [0.1, 0.15) is 74.9 Å². The lowest BCUT2D eigenvalue weighted by Crippen LogP contribution is -2.29. The third kappa shape index (κ3) is 8.36. The summed E-state index contributed by atoms with van der Waals surface area (Å²) in [4.78, 5) is 4.74. The number of hydrogen-bond donors (Lipinski definition) is 0. The van der Waals surface area contributed by atoms with E-state index in [4.69, 9.17) is 22.4 Å². The van der Waals surface area contributed by atoms with Gasteiger partial charge in [-0.15, -0.1) is 0 Å². The van der Waals surface area contributed by atoms with Gasteiger partial charge in [-0.1, -0.05) is 224 Å². The maximum absolute atomic E-state index is 7.70. The lowest BCUT2D eigenvalue weighted by molar-refractivity contribution is 0.481. The van der Waals surface area contributed by atoms with Crippen LogP contribution >= 0.6 is 0 Å². The topological polar surface area (TPSA) is 68.3 Å². The molecule has 7 heteroatoms. The maximum atomic E-state index is 7.70. The fourth-order valence-corrected chi connectivity index (χ4v) is 15.1. The predicted molar refractivity (Wildman–Crippen MR) is 386 cm³/mol. The van der Waals surface area contributed by atoms with E-state index in [-0.39, 0.29) is 10.8 Å². The highest BCUT2D eigenvalue weighted by Crippen LogP contribution is 2.65. The molecule has 0 aliphatic heterocycles. The van der Waals surface area contributed by atoms with E-state index in [0.717, 1.165) is 167 Å². The van der Waals surface area contributed by atoms with E-state index in [0.29, 0.717) is 0 Å². The Morgan fingerprint density at radius 2 is 0.670 bits per heavy atom. The number of fused-ring (bicyclic) bond motifs is 17. The van der Waals surface area contributed by atoms with Gasteiger partial charge in [-0.2, -0.15) is 0 Å². The van der Waals surface area contributed by atoms with Gasteiger partial charge in [0.25, 0.3) is 0 Å². The van der Waals surface area contributed by atoms with Crippen LogP contribution in [0.3, 0.4) is 0 Å². The van der Waals surface area contributed by atoms with E-state index >= 15 is 0 Å². The first-order valence-corrected chi connectivity index (χ1v) is 32.4. The van der Waals surface area contributed by atoms with Crippen molar-refractivity contribution in [2.75, 3.05) is 9.80 Å². The summed E-state index contributed by atoms with van der Waals surface area (Å²) in [6, 6.07) is 99.6. The van der Waals surface area contributed by atoms with Crippen LogP contribution in [-0.2, 0) is 16.2 Å². The predicted octanol–water partition coefficient (Wildman–Crippen LogP) is 25.0. The molecule has 1 aliphatic rings. The minimum atomic E-state index is -1.10. The van der Waals surface area contributed by atoms with Crippen molar-refractivity contribution in [3.05, 3.63) is 312 Å². The zero-order valence-corrected chi connectivity index (χ0v) is 53.0. The van der Waals surface area contributed by atoms with Gasteiger partial charge >= 0.3 is 0 Å². The quantitative estimate of drug-likeness (QED) is 0.135. The van der Waals surface area contributed by atoms with E-state index in [1.54, 1.807) is 0 Å². The van der Waals surface area contributed by atoms with Crippen molar-refractivity contribution in [2.45, 2.75) is 57.8 Å². The molecule has 452 valence electrons. The fourth-order valence-electron chi connectivity index (χ4n) is 15.1. The summed E-state index contributed by atoms with van der Waals surface area (Å²) in [6.07, 6.45) is 0. The lowest BCUT2D eigenvalue weighted by atomic mass is 9.67. The summed E-state index contributed by atoms with van der Waals surface area (Å²) in [5.74, 6) is 1.49. The molecule has 0 spiro atoms. The van der Waals surface area contributed by atoms with E-state index < -0.39 is 5.41 Å². The zero-order chi connectivity index (χ0) is 63.2. The van der Waals surface area contributed by atoms with Gasteiger partial charge in [0.15, 0.2) is 16.7 Å². The molecule has 0 saturated carbocycles. The Hall–Kier alpha value is -11.5. The van der Waals surface area contributed by atoms with Crippen LogP contribution in [0.5, 0.6) is 11.5 Å². The number of furan rings is 4. The summed E-state index contributed by atoms with van der Waals surface area (Å²) < 4.78 is 36.2. The Morgan fingerprint density at radius 3 is 1.18 bits per heavy atom. The zero-order valence-electron chi connectivity index (χ0n) is 53.0. The smallest absolute Gasteiger partial charge is 0.160 e. The number of ether oxygens (including phenoxy) is 1. The molecule has 0 amide bonds. The molecule has 0 saturated heterocycles. The minimum absolute atomic E-state index is 0.00673. The van der Waals surface area contributed by atoms with Crippen molar-refractivity contribution in [1.82, 2.24) is 0 Å². The van der Waals surface area contributed by atoms with Crippen LogP contribution in [0.15, 0.2) is 297 Å². The molecule has 94 heavy (non-hydrogen) atoms. The highest BCUT2D eigenvalue weighted by Gasteiger charge is 2.51. The molecule has 4 heterocycles. The van der Waals surface area contributed by atoms with Crippen LogP contribution in [0.2, 0.25) is 0 Å². The van der Waals surface area contributed by atoms with Gasteiger partial charge in [-0.3, -0.25) is 0 Å². The van der Waals surface area contributed by atoms with Gasteiger partial charge in [0.05, 0.1) is 33.6 Å². The summed E-state index contributed by atoms with van der Waals surface area (Å²) >= 11 is 0. The van der Waals surface area contributed by atoms with Crippen molar-refractivity contribution >= 4 is 122 Å². The third-order valence-electron chi connectivity index (χ3n) is 19.5. The molecule has 7 nitrogen and oxygen atoms in total. The molecule has 0 bridgehead atoms. The second-order valence-electron chi connectivity index (χ2n) is 27.1. The Morgan fingerprint density at radius 1 is 0.298 bits per heavy atom. The first-order valence-electron chi connectivity index (χ1n) is 32.4. The molecule has 13 aromatic carbocycles. The molecular weight excluding hydrogens is 1150 g/mol. The first kappa shape index (κ1) is 55.3. The SMILES string of the molecule is CC(C)(C)c1ccc(Oc2ccc(C3(c4ccc(C(C)(C)C)cc4)c4cc(N(c5ccccc5)c5cccc6c5oc5ccccc56)c5c(oc6ccccc65)c4-c4c3cc(N(c3ccccc3)c3cccc5c3oc3ccccc35)c3oc5ccccc5c43)cc2)cc1. The maximum Gasteiger partial charge on any atom is 0.160 e. The number of hydrogen-bond acceptors (Lipinski definition) is 7. The van der Waals surface area contributed by atoms with Gasteiger partial charge in [-0.05, 0) is 141 Å². The third-order valence-corrected chi connectivity index (χ3v) is 19.5. The summed E-state index contributed by atoms with van der Waals surface area (Å²) in [5.41, 5.74) is 19.0. The Labute approximate surface area is 543 Å². The van der Waals surface area contributed by atoms with Crippen LogP contribution in [0.25, 0.3) is 98.9 Å². The highest BCUT2D eigenvalue weighted by atomic mass is 16.5. The number of benzene rings is 13. The summed E-state index contributed by atoms with van der Waals surface area (Å²) in [7, 11) is 0. The summed E-state index contributed by atoms with van der Waals surface area (Å²) in [5, 5.41) is 8.04. The Bertz CT molecular complexity index is 5840. The molecule has 1 unspecified atom stereocenters. The number of anilines is 6. The van der Waals surface area contributed by atoms with Crippen LogP contribution in [0.4, 0.5) is 34.1 Å². The fraction of sp³-hybridized carbons (Fsp3) is 0.103. The average molecular weight is 1220 g/mol. The average Bonchev–Trinajstić information content (AvgIpc) is 1.49. The van der Waals surface area contributed by atoms with Gasteiger partial charge in [0, 0.05) is 60.2 Å².